The molecule has 1 unspecified atom stereocenters. The van der Waals surface area contributed by atoms with Crippen molar-refractivity contribution in [3.8, 4) is 6.07 Å². The lowest BCUT2D eigenvalue weighted by Gasteiger charge is -2.25. The van der Waals surface area contributed by atoms with E-state index in [-0.39, 0.29) is 32.7 Å². The molecule has 0 aliphatic rings. The fourth-order valence-electron chi connectivity index (χ4n) is 2.80. The average molecular weight is 466 g/mol. The van der Waals surface area contributed by atoms with Gasteiger partial charge in [0, 0.05) is 12.2 Å². The standard InChI is InChI=1S/C21H39NO4S3/c1-2-3-4-5-6-7-8-9-10-11-16-28-29-19-27-21(17-22,13-12-20(24)25)18-26-15-14-23/h23H,2-16,18-19H2,1H3,(H,24,25). The van der Waals surface area contributed by atoms with Gasteiger partial charge in [0.15, 0.2) is 0 Å². The average Bonchev–Trinajstić information content (AvgIpc) is 2.72. The van der Waals surface area contributed by atoms with E-state index >= 15 is 0 Å². The summed E-state index contributed by atoms with van der Waals surface area (Å²) in [5, 5.41) is 28.1. The number of hydrogen-bond acceptors (Lipinski definition) is 7. The molecule has 0 radical (unpaired) electrons. The largest absolute Gasteiger partial charge is 0.481 e. The first-order valence-corrected chi connectivity index (χ1v) is 14.3. The highest BCUT2D eigenvalue weighted by Gasteiger charge is 2.32. The van der Waals surface area contributed by atoms with Gasteiger partial charge in [0.1, 0.15) is 4.75 Å². The van der Waals surface area contributed by atoms with Crippen molar-refractivity contribution in [2.24, 2.45) is 0 Å². The Hall–Kier alpha value is -0.0700. The summed E-state index contributed by atoms with van der Waals surface area (Å²) in [5.74, 6) is 0.201. The van der Waals surface area contributed by atoms with Gasteiger partial charge in [-0.05, 0) is 12.8 Å². The Morgan fingerprint density at radius 2 is 1.66 bits per heavy atom. The summed E-state index contributed by atoms with van der Waals surface area (Å²) in [4.78, 5) is 10.9. The minimum absolute atomic E-state index is 0.0561. The second-order valence-corrected chi connectivity index (χ2v) is 11.5. The molecule has 5 nitrogen and oxygen atoms in total. The molecule has 0 fully saturated rings. The van der Waals surface area contributed by atoms with Crippen molar-refractivity contribution >= 4 is 39.3 Å². The van der Waals surface area contributed by atoms with Gasteiger partial charge in [-0.2, -0.15) is 5.26 Å². The van der Waals surface area contributed by atoms with Crippen LogP contribution in [0, 0.1) is 11.3 Å². The van der Waals surface area contributed by atoms with E-state index in [9.17, 15) is 10.1 Å². The SMILES string of the molecule is CCCCCCCCCCCCSSCSC(C#N)(CCC(=O)O)COCCO. The summed E-state index contributed by atoms with van der Waals surface area (Å²) in [6.07, 6.45) is 13.6. The van der Waals surface area contributed by atoms with Crippen molar-refractivity contribution < 1.29 is 19.7 Å². The molecule has 0 aliphatic carbocycles. The molecule has 29 heavy (non-hydrogen) atoms. The number of aliphatic hydroxyl groups excluding tert-OH is 1. The van der Waals surface area contributed by atoms with E-state index in [1.54, 1.807) is 10.8 Å². The van der Waals surface area contributed by atoms with E-state index in [1.165, 1.54) is 76.0 Å². The molecular weight excluding hydrogens is 426 g/mol. The maximum absolute atomic E-state index is 10.9. The Labute approximate surface area is 189 Å². The lowest BCUT2D eigenvalue weighted by atomic mass is 10.1. The van der Waals surface area contributed by atoms with Crippen molar-refractivity contribution in [2.75, 3.05) is 30.7 Å². The smallest absolute Gasteiger partial charge is 0.303 e. The predicted molar refractivity (Wildman–Crippen MR) is 127 cm³/mol. The Kier molecular flexibility index (Phi) is 21.1. The van der Waals surface area contributed by atoms with Gasteiger partial charge in [0.05, 0.1) is 31.0 Å². The van der Waals surface area contributed by atoms with E-state index in [4.69, 9.17) is 14.9 Å². The molecule has 8 heteroatoms. The third kappa shape index (κ3) is 18.4. The van der Waals surface area contributed by atoms with Crippen molar-refractivity contribution in [3.05, 3.63) is 0 Å². The first kappa shape index (κ1) is 28.9. The van der Waals surface area contributed by atoms with E-state index < -0.39 is 10.7 Å². The van der Waals surface area contributed by atoms with Gasteiger partial charge >= 0.3 is 5.97 Å². The third-order valence-electron chi connectivity index (χ3n) is 4.57. The first-order chi connectivity index (χ1) is 14.1. The zero-order valence-corrected chi connectivity index (χ0v) is 20.4. The number of carboxylic acids is 1. The molecule has 0 heterocycles. The minimum atomic E-state index is -0.907. The zero-order valence-electron chi connectivity index (χ0n) is 17.9. The Balaban J connectivity index is 3.78. The van der Waals surface area contributed by atoms with Gasteiger partial charge in [-0.1, -0.05) is 86.3 Å². The summed E-state index contributed by atoms with van der Waals surface area (Å²) >= 11 is 1.46. The lowest BCUT2D eigenvalue weighted by Crippen LogP contribution is -2.31. The first-order valence-electron chi connectivity index (χ1n) is 10.8. The van der Waals surface area contributed by atoms with Crippen molar-refractivity contribution in [3.63, 3.8) is 0 Å². The van der Waals surface area contributed by atoms with E-state index in [2.05, 4.69) is 13.0 Å². The number of carbonyl (C=O) groups is 1. The van der Waals surface area contributed by atoms with Crippen LogP contribution < -0.4 is 0 Å². The number of hydrogen-bond donors (Lipinski definition) is 2. The second kappa shape index (κ2) is 21.2. The highest BCUT2D eigenvalue weighted by molar-refractivity contribution is 8.78. The molecule has 0 bridgehead atoms. The number of aliphatic carboxylic acids is 1. The normalized spacial score (nSPS) is 13.1. The minimum Gasteiger partial charge on any atom is -0.481 e. The van der Waals surface area contributed by atoms with Gasteiger partial charge in [-0.3, -0.25) is 4.79 Å². The third-order valence-corrected chi connectivity index (χ3v) is 8.88. The number of nitrogens with zero attached hydrogens (tertiary/aromatic N) is 1. The van der Waals surface area contributed by atoms with Gasteiger partial charge in [-0.15, -0.1) is 11.8 Å². The molecule has 170 valence electrons. The van der Waals surface area contributed by atoms with Crippen molar-refractivity contribution in [1.82, 2.24) is 0 Å². The number of carboxylic acid groups (broad SMARTS) is 1. The predicted octanol–water partition coefficient (Wildman–Crippen LogP) is 6.12. The van der Waals surface area contributed by atoms with Crippen molar-refractivity contribution in [2.45, 2.75) is 88.7 Å². The van der Waals surface area contributed by atoms with Crippen molar-refractivity contribution in [1.29, 1.82) is 5.26 Å². The molecule has 0 aromatic heterocycles. The topological polar surface area (TPSA) is 90.6 Å². The molecule has 0 aromatic carbocycles. The maximum Gasteiger partial charge on any atom is 0.303 e. The summed E-state index contributed by atoms with van der Waals surface area (Å²) in [7, 11) is 3.55. The van der Waals surface area contributed by atoms with Gasteiger partial charge in [0.2, 0.25) is 0 Å². The van der Waals surface area contributed by atoms with Crippen LogP contribution in [0.5, 0.6) is 0 Å². The number of rotatable bonds is 22. The number of ether oxygens (including phenoxy) is 1. The molecule has 0 aliphatic heterocycles. The highest BCUT2D eigenvalue weighted by atomic mass is 33.1. The second-order valence-electron chi connectivity index (χ2n) is 7.16. The highest BCUT2D eigenvalue weighted by Crippen LogP contribution is 2.37. The van der Waals surface area contributed by atoms with Crippen LogP contribution in [0.3, 0.4) is 0 Å². The van der Waals surface area contributed by atoms with Crippen LogP contribution in [0.4, 0.5) is 0 Å². The fourth-order valence-corrected chi connectivity index (χ4v) is 6.83. The van der Waals surface area contributed by atoms with Crippen LogP contribution >= 0.6 is 33.3 Å². The summed E-state index contributed by atoms with van der Waals surface area (Å²) in [6, 6.07) is 2.25. The molecule has 0 saturated heterocycles. The Bertz CT molecular complexity index is 435. The summed E-state index contributed by atoms with van der Waals surface area (Å²) in [6.45, 7) is 2.46. The van der Waals surface area contributed by atoms with Crippen LogP contribution in [0.2, 0.25) is 0 Å². The molecule has 2 N–H and O–H groups in total. The van der Waals surface area contributed by atoms with E-state index in [1.807, 2.05) is 10.8 Å². The number of thioether (sulfide) groups is 1. The molecule has 0 amide bonds. The summed E-state index contributed by atoms with van der Waals surface area (Å²) < 4.78 is 4.48. The monoisotopic (exact) mass is 465 g/mol. The molecular formula is C21H39NO4S3. The Morgan fingerprint density at radius 1 is 1.03 bits per heavy atom. The Morgan fingerprint density at radius 3 is 2.21 bits per heavy atom. The summed E-state index contributed by atoms with van der Waals surface area (Å²) in [5.41, 5.74) is 0. The van der Waals surface area contributed by atoms with E-state index in [0.29, 0.717) is 0 Å². The van der Waals surface area contributed by atoms with Crippen LogP contribution in [0.15, 0.2) is 0 Å². The number of unbranched alkanes of at least 4 members (excludes halogenated alkanes) is 9. The molecule has 0 rings (SSSR count). The molecule has 0 saturated carbocycles. The van der Waals surface area contributed by atoms with Crippen LogP contribution in [0.25, 0.3) is 0 Å². The van der Waals surface area contributed by atoms with E-state index in [0.717, 1.165) is 10.8 Å². The molecule has 0 spiro atoms. The zero-order chi connectivity index (χ0) is 21.6. The number of nitriles is 1. The molecule has 1 atom stereocenters. The van der Waals surface area contributed by atoms with Gasteiger partial charge in [0.25, 0.3) is 0 Å². The maximum atomic E-state index is 10.9. The number of aliphatic hydroxyl groups is 1. The van der Waals surface area contributed by atoms with Crippen LogP contribution in [-0.2, 0) is 9.53 Å². The fraction of sp³-hybridized carbons (Fsp3) is 0.905. The lowest BCUT2D eigenvalue weighted by molar-refractivity contribution is -0.137. The van der Waals surface area contributed by atoms with Crippen LogP contribution in [0.1, 0.15) is 84.0 Å². The van der Waals surface area contributed by atoms with Crippen LogP contribution in [-0.4, -0.2) is 51.6 Å². The van der Waals surface area contributed by atoms with Gasteiger partial charge < -0.3 is 14.9 Å². The quantitative estimate of drug-likeness (QED) is 0.112. The van der Waals surface area contributed by atoms with Gasteiger partial charge in [-0.25, -0.2) is 0 Å². The molecule has 0 aromatic rings.